The number of amides is 1. The number of nitrogens with one attached hydrogen (secondary N) is 1. The summed E-state index contributed by atoms with van der Waals surface area (Å²) < 4.78 is 20.9. The second-order valence-electron chi connectivity index (χ2n) is 6.45. The van der Waals surface area contributed by atoms with E-state index in [9.17, 15) is 14.4 Å². The van der Waals surface area contributed by atoms with Crippen LogP contribution in [-0.2, 0) is 20.7 Å². The molecule has 3 rings (SSSR count). The molecule has 0 spiro atoms. The first-order valence-electron chi connectivity index (χ1n) is 8.95. The van der Waals surface area contributed by atoms with E-state index >= 15 is 0 Å². The van der Waals surface area contributed by atoms with E-state index in [-0.39, 0.29) is 19.0 Å². The maximum Gasteiger partial charge on any atom is 0.311 e. The Bertz CT molecular complexity index is 954. The van der Waals surface area contributed by atoms with Crippen LogP contribution in [0.15, 0.2) is 36.4 Å². The van der Waals surface area contributed by atoms with Crippen molar-refractivity contribution in [2.24, 2.45) is 0 Å². The molecular formula is C21H21NO7. The number of benzene rings is 2. The van der Waals surface area contributed by atoms with E-state index in [0.717, 1.165) is 0 Å². The highest BCUT2D eigenvalue weighted by atomic mass is 16.7. The molecule has 1 atom stereocenters. The molecule has 2 aromatic rings. The number of esters is 1. The molecule has 1 heterocycles. The molecule has 0 saturated heterocycles. The number of ketones is 1. The Kier molecular flexibility index (Phi) is 6.01. The molecule has 2 aromatic carbocycles. The molecule has 0 bridgehead atoms. The van der Waals surface area contributed by atoms with Crippen molar-refractivity contribution in [2.45, 2.75) is 26.4 Å². The maximum absolute atomic E-state index is 12.3. The summed E-state index contributed by atoms with van der Waals surface area (Å²) in [7, 11) is 1.47. The summed E-state index contributed by atoms with van der Waals surface area (Å²) in [4.78, 5) is 36.2. The predicted octanol–water partition coefficient (Wildman–Crippen LogP) is 2.74. The van der Waals surface area contributed by atoms with Gasteiger partial charge in [0.15, 0.2) is 23.4 Å². The smallest absolute Gasteiger partial charge is 0.311 e. The quantitative estimate of drug-likeness (QED) is 0.564. The zero-order chi connectivity index (χ0) is 21.0. The number of hydrogen-bond donors (Lipinski definition) is 1. The molecule has 29 heavy (non-hydrogen) atoms. The molecule has 0 aromatic heterocycles. The first-order valence-corrected chi connectivity index (χ1v) is 8.95. The van der Waals surface area contributed by atoms with Gasteiger partial charge in [0.05, 0.1) is 13.5 Å². The van der Waals surface area contributed by atoms with Crippen molar-refractivity contribution in [3.8, 4) is 17.2 Å². The zero-order valence-electron chi connectivity index (χ0n) is 16.3. The van der Waals surface area contributed by atoms with E-state index in [1.54, 1.807) is 36.4 Å². The Morgan fingerprint density at radius 3 is 2.59 bits per heavy atom. The van der Waals surface area contributed by atoms with Gasteiger partial charge in [-0.25, -0.2) is 0 Å². The van der Waals surface area contributed by atoms with E-state index in [4.69, 9.17) is 18.9 Å². The van der Waals surface area contributed by atoms with Crippen LogP contribution in [0.3, 0.4) is 0 Å². The highest BCUT2D eigenvalue weighted by molar-refractivity contribution is 5.96. The molecular weight excluding hydrogens is 378 g/mol. The number of rotatable bonds is 7. The molecule has 0 fully saturated rings. The van der Waals surface area contributed by atoms with E-state index in [2.05, 4.69) is 5.32 Å². The number of carbonyl (C=O) groups is 3. The number of fused-ring (bicyclic) bond motifs is 1. The lowest BCUT2D eigenvalue weighted by Crippen LogP contribution is -2.30. The van der Waals surface area contributed by atoms with Crippen LogP contribution in [0, 0.1) is 0 Å². The third kappa shape index (κ3) is 4.84. The Hall–Kier alpha value is -3.55. The van der Waals surface area contributed by atoms with Crippen LogP contribution < -0.4 is 19.5 Å². The number of methoxy groups -OCH3 is 1. The highest BCUT2D eigenvalue weighted by Crippen LogP contribution is 2.34. The molecule has 1 N–H and O–H groups in total. The van der Waals surface area contributed by atoms with Gasteiger partial charge in [-0.2, -0.15) is 0 Å². The summed E-state index contributed by atoms with van der Waals surface area (Å²) in [6, 6.07) is 9.81. The molecule has 0 unspecified atom stereocenters. The van der Waals surface area contributed by atoms with Crippen LogP contribution in [0.4, 0.5) is 5.69 Å². The van der Waals surface area contributed by atoms with Crippen LogP contribution in [0.1, 0.15) is 29.8 Å². The summed E-state index contributed by atoms with van der Waals surface area (Å²) >= 11 is 0. The fraction of sp³-hybridized carbons (Fsp3) is 0.286. The molecule has 1 amide bonds. The number of hydrogen-bond acceptors (Lipinski definition) is 7. The summed E-state index contributed by atoms with van der Waals surface area (Å²) in [6.07, 6.45) is -1.15. The molecule has 8 heteroatoms. The van der Waals surface area contributed by atoms with Crippen molar-refractivity contribution < 1.29 is 33.3 Å². The molecule has 1 aliphatic heterocycles. The van der Waals surface area contributed by atoms with E-state index in [1.165, 1.54) is 21.0 Å². The number of carbonyl (C=O) groups excluding carboxylic acids is 3. The van der Waals surface area contributed by atoms with E-state index in [0.29, 0.717) is 34.1 Å². The topological polar surface area (TPSA) is 100 Å². The fourth-order valence-electron chi connectivity index (χ4n) is 2.80. The first kappa shape index (κ1) is 20.2. The first-order chi connectivity index (χ1) is 13.9. The average molecular weight is 399 g/mol. The predicted molar refractivity (Wildman–Crippen MR) is 103 cm³/mol. The maximum atomic E-state index is 12.3. The van der Waals surface area contributed by atoms with E-state index in [1.807, 2.05) is 0 Å². The van der Waals surface area contributed by atoms with Crippen LogP contribution >= 0.6 is 0 Å². The standard InChI is InChI=1S/C21H21NO7/c1-12(23)14-4-6-17(26-3)15(8-14)9-20(24)29-13(2)21(25)22-16-5-7-18-19(10-16)28-11-27-18/h4-8,10,13H,9,11H2,1-3H3,(H,22,25)/t13-/m0/s1. The van der Waals surface area contributed by atoms with Gasteiger partial charge in [-0.05, 0) is 44.2 Å². The third-order valence-corrected chi connectivity index (χ3v) is 4.34. The highest BCUT2D eigenvalue weighted by Gasteiger charge is 2.21. The zero-order valence-corrected chi connectivity index (χ0v) is 16.3. The molecule has 0 saturated carbocycles. The minimum atomic E-state index is -1.02. The van der Waals surface area contributed by atoms with Gasteiger partial charge in [0.1, 0.15) is 5.75 Å². The average Bonchev–Trinajstić information content (AvgIpc) is 3.15. The van der Waals surface area contributed by atoms with Gasteiger partial charge in [-0.15, -0.1) is 0 Å². The van der Waals surface area contributed by atoms with Gasteiger partial charge in [0.25, 0.3) is 5.91 Å². The van der Waals surface area contributed by atoms with Gasteiger partial charge in [-0.3, -0.25) is 14.4 Å². The number of Topliss-reactive ketones (excluding diaryl/α,β-unsaturated/α-hetero) is 1. The normalized spacial score (nSPS) is 12.8. The largest absolute Gasteiger partial charge is 0.496 e. The summed E-state index contributed by atoms with van der Waals surface area (Å²) in [5.41, 5.74) is 1.47. The van der Waals surface area contributed by atoms with E-state index < -0.39 is 18.0 Å². The monoisotopic (exact) mass is 399 g/mol. The van der Waals surface area contributed by atoms with Crippen molar-refractivity contribution >= 4 is 23.3 Å². The summed E-state index contributed by atoms with van der Waals surface area (Å²) in [5.74, 6) is 0.372. The molecule has 0 aliphatic carbocycles. The molecule has 152 valence electrons. The van der Waals surface area contributed by atoms with Crippen LogP contribution in [0.2, 0.25) is 0 Å². The lowest BCUT2D eigenvalue weighted by molar-refractivity contribution is -0.152. The van der Waals surface area contributed by atoms with Crippen molar-refractivity contribution in [3.63, 3.8) is 0 Å². The number of ether oxygens (including phenoxy) is 4. The molecule has 1 aliphatic rings. The second kappa shape index (κ2) is 8.64. The SMILES string of the molecule is COc1ccc(C(C)=O)cc1CC(=O)O[C@@H](C)C(=O)Nc1ccc2c(c1)OCO2. The minimum absolute atomic E-state index is 0.126. The fourth-order valence-corrected chi connectivity index (χ4v) is 2.80. The lowest BCUT2D eigenvalue weighted by Gasteiger charge is -2.15. The van der Waals surface area contributed by atoms with Crippen molar-refractivity contribution in [1.82, 2.24) is 0 Å². The van der Waals surface area contributed by atoms with Gasteiger partial charge >= 0.3 is 5.97 Å². The van der Waals surface area contributed by atoms with Gasteiger partial charge in [0, 0.05) is 22.9 Å². The van der Waals surface area contributed by atoms with Crippen LogP contribution in [0.5, 0.6) is 17.2 Å². The molecule has 0 radical (unpaired) electrons. The summed E-state index contributed by atoms with van der Waals surface area (Å²) in [6.45, 7) is 3.05. The lowest BCUT2D eigenvalue weighted by atomic mass is 10.0. The van der Waals surface area contributed by atoms with Gasteiger partial charge < -0.3 is 24.3 Å². The second-order valence-corrected chi connectivity index (χ2v) is 6.45. The summed E-state index contributed by atoms with van der Waals surface area (Å²) in [5, 5.41) is 2.67. The van der Waals surface area contributed by atoms with Crippen LogP contribution in [-0.4, -0.2) is 37.7 Å². The van der Waals surface area contributed by atoms with Crippen LogP contribution in [0.25, 0.3) is 0 Å². The minimum Gasteiger partial charge on any atom is -0.496 e. The van der Waals surface area contributed by atoms with Crippen molar-refractivity contribution in [2.75, 3.05) is 19.2 Å². The van der Waals surface area contributed by atoms with Gasteiger partial charge in [-0.1, -0.05) is 0 Å². The number of anilines is 1. The Balaban J connectivity index is 1.61. The van der Waals surface area contributed by atoms with Crippen molar-refractivity contribution in [1.29, 1.82) is 0 Å². The Labute approximate surface area is 167 Å². The molecule has 8 nitrogen and oxygen atoms in total. The van der Waals surface area contributed by atoms with Crippen molar-refractivity contribution in [3.05, 3.63) is 47.5 Å². The third-order valence-electron chi connectivity index (χ3n) is 4.34. The van der Waals surface area contributed by atoms with Gasteiger partial charge in [0.2, 0.25) is 6.79 Å². The Morgan fingerprint density at radius 1 is 1.10 bits per heavy atom. The Morgan fingerprint density at radius 2 is 1.86 bits per heavy atom.